The van der Waals surface area contributed by atoms with Gasteiger partial charge >= 0.3 is 0 Å². The van der Waals surface area contributed by atoms with Gasteiger partial charge in [-0.2, -0.15) is 0 Å². The van der Waals surface area contributed by atoms with Gasteiger partial charge in [0, 0.05) is 6.61 Å². The molecule has 0 spiro atoms. The fourth-order valence-corrected chi connectivity index (χ4v) is 1.28. The lowest BCUT2D eigenvalue weighted by molar-refractivity contribution is 0.0875. The number of aliphatic hydroxyl groups excluding tert-OH is 3. The summed E-state index contributed by atoms with van der Waals surface area (Å²) in [5.74, 6) is 0. The third-order valence-corrected chi connectivity index (χ3v) is 2.62. The second kappa shape index (κ2) is 8.17. The Hall–Kier alpha value is -0.160. The Morgan fingerprint density at radius 1 is 1.00 bits per heavy atom. The van der Waals surface area contributed by atoms with Gasteiger partial charge in [0.05, 0.1) is 18.8 Å². The first kappa shape index (κ1) is 13.8. The zero-order chi connectivity index (χ0) is 10.9. The molecule has 0 amide bonds. The zero-order valence-electron chi connectivity index (χ0n) is 9.00. The van der Waals surface area contributed by atoms with E-state index >= 15 is 0 Å². The molecule has 0 aliphatic rings. The average molecular weight is 205 g/mol. The van der Waals surface area contributed by atoms with E-state index in [9.17, 15) is 0 Å². The molecule has 0 rings (SSSR count). The van der Waals surface area contributed by atoms with Crippen LogP contribution < -0.4 is 5.32 Å². The van der Waals surface area contributed by atoms with E-state index in [0.29, 0.717) is 6.42 Å². The number of unbranched alkanes of at least 4 members (excludes halogenated alkanes) is 2. The predicted octanol–water partition coefficient (Wildman–Crippen LogP) is -0.128. The lowest BCUT2D eigenvalue weighted by Gasteiger charge is -2.29. The fourth-order valence-electron chi connectivity index (χ4n) is 1.28. The van der Waals surface area contributed by atoms with Gasteiger partial charge < -0.3 is 20.6 Å². The van der Waals surface area contributed by atoms with Gasteiger partial charge in [0.15, 0.2) is 0 Å². The second-order valence-corrected chi connectivity index (χ2v) is 3.66. The van der Waals surface area contributed by atoms with Crippen molar-refractivity contribution in [3.05, 3.63) is 0 Å². The summed E-state index contributed by atoms with van der Waals surface area (Å²) in [6.07, 6.45) is 3.46. The van der Waals surface area contributed by atoms with Crippen molar-refractivity contribution in [1.29, 1.82) is 0 Å². The molecule has 0 aliphatic carbocycles. The Kier molecular flexibility index (Phi) is 8.08. The molecular formula is C10H23NO3. The minimum absolute atomic E-state index is 0.0417. The Balaban J connectivity index is 3.61. The molecule has 0 aromatic carbocycles. The molecule has 0 heterocycles. The second-order valence-electron chi connectivity index (χ2n) is 3.66. The predicted molar refractivity (Wildman–Crippen MR) is 56.1 cm³/mol. The monoisotopic (exact) mass is 205 g/mol. The maximum Gasteiger partial charge on any atom is 0.0645 e. The van der Waals surface area contributed by atoms with Crippen LogP contribution in [0, 0.1) is 0 Å². The largest absolute Gasteiger partial charge is 0.396 e. The topological polar surface area (TPSA) is 72.7 Å². The molecule has 0 radical (unpaired) electrons. The van der Waals surface area contributed by atoms with E-state index in [4.69, 9.17) is 15.3 Å². The number of nitrogens with one attached hydrogen (secondary N) is 1. The highest BCUT2D eigenvalue weighted by Gasteiger charge is 2.24. The van der Waals surface area contributed by atoms with Gasteiger partial charge in [-0.3, -0.25) is 0 Å². The summed E-state index contributed by atoms with van der Waals surface area (Å²) in [4.78, 5) is 0. The van der Waals surface area contributed by atoms with Gasteiger partial charge in [0.25, 0.3) is 0 Å². The summed E-state index contributed by atoms with van der Waals surface area (Å²) in [5, 5.41) is 30.0. The van der Waals surface area contributed by atoms with Crippen LogP contribution in [0.3, 0.4) is 0 Å². The Morgan fingerprint density at radius 3 is 2.07 bits per heavy atom. The quantitative estimate of drug-likeness (QED) is 0.396. The van der Waals surface area contributed by atoms with E-state index in [1.165, 1.54) is 0 Å². The van der Waals surface area contributed by atoms with Gasteiger partial charge in [-0.25, -0.2) is 0 Å². The van der Waals surface area contributed by atoms with Crippen molar-refractivity contribution in [3.63, 3.8) is 0 Å². The minimum Gasteiger partial charge on any atom is -0.396 e. The number of hydrogen-bond donors (Lipinski definition) is 4. The first-order valence-corrected chi connectivity index (χ1v) is 5.32. The van der Waals surface area contributed by atoms with Crippen LogP contribution in [0.2, 0.25) is 0 Å². The zero-order valence-corrected chi connectivity index (χ0v) is 9.00. The summed E-state index contributed by atoms with van der Waals surface area (Å²) in [6, 6.07) is 0. The molecule has 4 heteroatoms. The molecule has 86 valence electrons. The van der Waals surface area contributed by atoms with Gasteiger partial charge in [0.2, 0.25) is 0 Å². The molecular weight excluding hydrogens is 182 g/mol. The normalized spacial score (nSPS) is 12.0. The molecule has 0 aliphatic heterocycles. The van der Waals surface area contributed by atoms with Gasteiger partial charge in [-0.15, -0.1) is 0 Å². The van der Waals surface area contributed by atoms with Crippen LogP contribution in [0.25, 0.3) is 0 Å². The van der Waals surface area contributed by atoms with Crippen molar-refractivity contribution in [1.82, 2.24) is 5.32 Å². The fraction of sp³-hybridized carbons (Fsp3) is 1.00. The van der Waals surface area contributed by atoms with Crippen LogP contribution in [0.15, 0.2) is 0 Å². The van der Waals surface area contributed by atoms with E-state index in [1.807, 2.05) is 6.92 Å². The first-order valence-electron chi connectivity index (χ1n) is 5.32. The Labute approximate surface area is 86.0 Å². The number of hydrogen-bond acceptors (Lipinski definition) is 4. The van der Waals surface area contributed by atoms with E-state index < -0.39 is 5.54 Å². The lowest BCUT2D eigenvalue weighted by Crippen LogP contribution is -2.51. The third-order valence-electron chi connectivity index (χ3n) is 2.62. The standard InChI is InChI=1S/C10H23NO3/c1-2-10(8-13,9-14)11-6-4-3-5-7-12/h11-14H,2-9H2,1H3. The highest BCUT2D eigenvalue weighted by Crippen LogP contribution is 2.08. The van der Waals surface area contributed by atoms with Crippen LogP contribution >= 0.6 is 0 Å². The highest BCUT2D eigenvalue weighted by atomic mass is 16.3. The van der Waals surface area contributed by atoms with Crippen LogP contribution in [0.4, 0.5) is 0 Å². The molecule has 4 N–H and O–H groups in total. The van der Waals surface area contributed by atoms with Crippen LogP contribution in [-0.4, -0.2) is 47.2 Å². The van der Waals surface area contributed by atoms with Gasteiger partial charge in [0.1, 0.15) is 0 Å². The number of rotatable bonds is 9. The molecule has 0 unspecified atom stereocenters. The summed E-state index contributed by atoms with van der Waals surface area (Å²) in [5.41, 5.74) is -0.529. The highest BCUT2D eigenvalue weighted by molar-refractivity contribution is 4.84. The van der Waals surface area contributed by atoms with E-state index in [0.717, 1.165) is 25.8 Å². The first-order chi connectivity index (χ1) is 6.74. The maximum absolute atomic E-state index is 9.12. The SMILES string of the molecule is CCC(CO)(CO)NCCCCCO. The van der Waals surface area contributed by atoms with Crippen molar-refractivity contribution >= 4 is 0 Å². The van der Waals surface area contributed by atoms with Crippen molar-refractivity contribution in [3.8, 4) is 0 Å². The molecule has 0 aromatic heterocycles. The van der Waals surface area contributed by atoms with E-state index in [-0.39, 0.29) is 19.8 Å². The molecule has 0 saturated carbocycles. The average Bonchev–Trinajstić information content (AvgIpc) is 2.24. The molecule has 0 bridgehead atoms. The summed E-state index contributed by atoms with van der Waals surface area (Å²) >= 11 is 0. The minimum atomic E-state index is -0.529. The Bertz CT molecular complexity index is 118. The summed E-state index contributed by atoms with van der Waals surface area (Å²) in [7, 11) is 0. The molecule has 14 heavy (non-hydrogen) atoms. The maximum atomic E-state index is 9.12. The van der Waals surface area contributed by atoms with Crippen molar-refractivity contribution in [2.24, 2.45) is 0 Å². The Morgan fingerprint density at radius 2 is 1.64 bits per heavy atom. The molecule has 4 nitrogen and oxygen atoms in total. The molecule has 0 fully saturated rings. The van der Waals surface area contributed by atoms with Gasteiger partial charge in [-0.05, 0) is 32.2 Å². The third kappa shape index (κ3) is 4.91. The van der Waals surface area contributed by atoms with Crippen molar-refractivity contribution < 1.29 is 15.3 Å². The van der Waals surface area contributed by atoms with Crippen LogP contribution in [0.5, 0.6) is 0 Å². The van der Waals surface area contributed by atoms with E-state index in [1.54, 1.807) is 0 Å². The molecule has 0 aromatic rings. The van der Waals surface area contributed by atoms with Crippen molar-refractivity contribution in [2.45, 2.75) is 38.1 Å². The molecule has 0 atom stereocenters. The van der Waals surface area contributed by atoms with Crippen LogP contribution in [-0.2, 0) is 0 Å². The van der Waals surface area contributed by atoms with Gasteiger partial charge in [-0.1, -0.05) is 6.92 Å². The summed E-state index contributed by atoms with van der Waals surface area (Å²) in [6.45, 7) is 2.86. The van der Waals surface area contributed by atoms with E-state index in [2.05, 4.69) is 5.32 Å². The molecule has 0 saturated heterocycles. The summed E-state index contributed by atoms with van der Waals surface area (Å²) < 4.78 is 0. The number of aliphatic hydroxyl groups is 3. The lowest BCUT2D eigenvalue weighted by atomic mass is 9.98. The van der Waals surface area contributed by atoms with Crippen LogP contribution in [0.1, 0.15) is 32.6 Å². The van der Waals surface area contributed by atoms with Crippen molar-refractivity contribution in [2.75, 3.05) is 26.4 Å². The smallest absolute Gasteiger partial charge is 0.0645 e.